The zero-order chi connectivity index (χ0) is 13.9. The predicted octanol–water partition coefficient (Wildman–Crippen LogP) is 2.40. The minimum atomic E-state index is 0.156. The lowest BCUT2D eigenvalue weighted by Crippen LogP contribution is -2.57. The summed E-state index contributed by atoms with van der Waals surface area (Å²) >= 11 is 0. The van der Waals surface area contributed by atoms with E-state index in [4.69, 9.17) is 0 Å². The molecule has 0 amide bonds. The number of likely N-dealkylation sites (tertiary alicyclic amines) is 1. The van der Waals surface area contributed by atoms with Gasteiger partial charge in [-0.3, -0.25) is 4.90 Å². The molecule has 1 aliphatic rings. The molecule has 1 atom stereocenters. The number of benzene rings is 1. The quantitative estimate of drug-likeness (QED) is 0.855. The molecule has 2 N–H and O–H groups in total. The van der Waals surface area contributed by atoms with Crippen molar-refractivity contribution in [2.24, 2.45) is 0 Å². The van der Waals surface area contributed by atoms with Gasteiger partial charge in [0.05, 0.1) is 0 Å². The van der Waals surface area contributed by atoms with Gasteiger partial charge in [0.1, 0.15) is 5.75 Å². The maximum absolute atomic E-state index is 9.36. The molecule has 0 radical (unpaired) electrons. The van der Waals surface area contributed by atoms with E-state index in [2.05, 4.69) is 24.1 Å². The summed E-state index contributed by atoms with van der Waals surface area (Å²) in [7, 11) is 2.04. The van der Waals surface area contributed by atoms with Crippen LogP contribution in [0.25, 0.3) is 0 Å². The molecule has 1 fully saturated rings. The average Bonchev–Trinajstić information content (AvgIpc) is 2.92. The van der Waals surface area contributed by atoms with Crippen molar-refractivity contribution in [3.05, 3.63) is 29.8 Å². The number of hydrogen-bond acceptors (Lipinski definition) is 3. The van der Waals surface area contributed by atoms with Crippen molar-refractivity contribution in [2.75, 3.05) is 20.1 Å². The Kier molecular flexibility index (Phi) is 4.48. The van der Waals surface area contributed by atoms with Gasteiger partial charge in [0.25, 0.3) is 0 Å². The fourth-order valence-corrected chi connectivity index (χ4v) is 3.09. The highest BCUT2D eigenvalue weighted by atomic mass is 16.3. The molecule has 106 valence electrons. The molecule has 1 saturated heterocycles. The van der Waals surface area contributed by atoms with Gasteiger partial charge in [0.15, 0.2) is 0 Å². The predicted molar refractivity (Wildman–Crippen MR) is 79.5 cm³/mol. The summed E-state index contributed by atoms with van der Waals surface area (Å²) in [4.78, 5) is 2.59. The fourth-order valence-electron chi connectivity index (χ4n) is 3.09. The van der Waals surface area contributed by atoms with Gasteiger partial charge < -0.3 is 10.4 Å². The monoisotopic (exact) mass is 262 g/mol. The van der Waals surface area contributed by atoms with E-state index in [9.17, 15) is 5.11 Å². The highest BCUT2D eigenvalue weighted by molar-refractivity contribution is 5.27. The smallest absolute Gasteiger partial charge is 0.115 e. The van der Waals surface area contributed by atoms with Crippen LogP contribution < -0.4 is 5.32 Å². The van der Waals surface area contributed by atoms with E-state index < -0.39 is 0 Å². The molecule has 0 aliphatic carbocycles. The molecule has 1 aromatic carbocycles. The van der Waals surface area contributed by atoms with Gasteiger partial charge >= 0.3 is 0 Å². The lowest BCUT2D eigenvalue weighted by Gasteiger charge is -2.42. The summed E-state index contributed by atoms with van der Waals surface area (Å²) in [6.07, 6.45) is 3.62. The van der Waals surface area contributed by atoms with E-state index in [1.807, 2.05) is 19.2 Å². The van der Waals surface area contributed by atoms with Crippen LogP contribution in [-0.2, 0) is 6.42 Å². The Labute approximate surface area is 116 Å². The van der Waals surface area contributed by atoms with E-state index in [-0.39, 0.29) is 5.54 Å². The van der Waals surface area contributed by atoms with Crippen LogP contribution in [0.3, 0.4) is 0 Å². The lowest BCUT2D eigenvalue weighted by atomic mass is 9.87. The maximum atomic E-state index is 9.36. The number of aromatic hydroxyl groups is 1. The molecule has 19 heavy (non-hydrogen) atoms. The third kappa shape index (κ3) is 3.28. The normalized spacial score (nSPS) is 18.7. The molecule has 1 unspecified atom stereocenters. The molecular formula is C16H26N2O. The van der Waals surface area contributed by atoms with E-state index in [1.165, 1.54) is 31.5 Å². The number of phenolic OH excluding ortho intramolecular Hbond substituents is 1. The number of hydrogen-bond donors (Lipinski definition) is 2. The SMILES string of the molecule is CNC(Cc1ccc(O)cc1)C(C)(C)N1CCCC1. The van der Waals surface area contributed by atoms with Gasteiger partial charge in [-0.25, -0.2) is 0 Å². The second-order valence-electron chi connectivity index (χ2n) is 6.06. The third-order valence-corrected chi connectivity index (χ3v) is 4.50. The number of likely N-dealkylation sites (N-methyl/N-ethyl adjacent to an activating group) is 1. The molecule has 1 aromatic rings. The first kappa shape index (κ1) is 14.4. The first-order valence-corrected chi connectivity index (χ1v) is 7.24. The fraction of sp³-hybridized carbons (Fsp3) is 0.625. The van der Waals surface area contributed by atoms with Gasteiger partial charge in [-0.1, -0.05) is 12.1 Å². The van der Waals surface area contributed by atoms with Gasteiger partial charge in [-0.15, -0.1) is 0 Å². The van der Waals surface area contributed by atoms with E-state index in [0.717, 1.165) is 6.42 Å². The van der Waals surface area contributed by atoms with Crippen LogP contribution in [-0.4, -0.2) is 41.7 Å². The molecule has 3 heteroatoms. The van der Waals surface area contributed by atoms with E-state index in [1.54, 1.807) is 12.1 Å². The van der Waals surface area contributed by atoms with Crippen molar-refractivity contribution in [2.45, 2.75) is 44.7 Å². The number of nitrogens with zero attached hydrogens (tertiary/aromatic N) is 1. The van der Waals surface area contributed by atoms with Crippen molar-refractivity contribution in [1.82, 2.24) is 10.2 Å². The Morgan fingerprint density at radius 2 is 1.79 bits per heavy atom. The molecule has 1 aliphatic heterocycles. The van der Waals surface area contributed by atoms with Gasteiger partial charge in [0, 0.05) is 11.6 Å². The molecule has 0 aromatic heterocycles. The van der Waals surface area contributed by atoms with Gasteiger partial charge in [-0.2, -0.15) is 0 Å². The average molecular weight is 262 g/mol. The minimum absolute atomic E-state index is 0.156. The molecule has 3 nitrogen and oxygen atoms in total. The van der Waals surface area contributed by atoms with Crippen LogP contribution in [0, 0.1) is 0 Å². The minimum Gasteiger partial charge on any atom is -0.508 e. The zero-order valence-corrected chi connectivity index (χ0v) is 12.3. The maximum Gasteiger partial charge on any atom is 0.115 e. The number of rotatable bonds is 5. The third-order valence-electron chi connectivity index (χ3n) is 4.50. The Bertz CT molecular complexity index is 394. The highest BCUT2D eigenvalue weighted by Gasteiger charge is 2.35. The van der Waals surface area contributed by atoms with Crippen LogP contribution in [0.4, 0.5) is 0 Å². The summed E-state index contributed by atoms with van der Waals surface area (Å²) in [5, 5.41) is 12.8. The van der Waals surface area contributed by atoms with Crippen LogP contribution in [0.5, 0.6) is 5.75 Å². The Hall–Kier alpha value is -1.06. The summed E-state index contributed by atoms with van der Waals surface area (Å²) in [6, 6.07) is 7.98. The van der Waals surface area contributed by atoms with Crippen LogP contribution in [0.1, 0.15) is 32.3 Å². The molecular weight excluding hydrogens is 236 g/mol. The zero-order valence-electron chi connectivity index (χ0n) is 12.3. The van der Waals surface area contributed by atoms with Crippen molar-refractivity contribution < 1.29 is 5.11 Å². The first-order chi connectivity index (χ1) is 9.04. The lowest BCUT2D eigenvalue weighted by molar-refractivity contribution is 0.110. The first-order valence-electron chi connectivity index (χ1n) is 7.24. The second kappa shape index (κ2) is 5.93. The Morgan fingerprint density at radius 3 is 2.32 bits per heavy atom. The topological polar surface area (TPSA) is 35.5 Å². The molecule has 1 heterocycles. The summed E-state index contributed by atoms with van der Waals surface area (Å²) in [5.41, 5.74) is 1.42. The standard InChI is InChI=1S/C16H26N2O/c1-16(2,18-10-4-5-11-18)15(17-3)12-13-6-8-14(19)9-7-13/h6-9,15,17,19H,4-5,10-12H2,1-3H3. The summed E-state index contributed by atoms with van der Waals surface area (Å²) in [6.45, 7) is 7.08. The molecule has 0 bridgehead atoms. The van der Waals surface area contributed by atoms with Gasteiger partial charge in [-0.05, 0) is 70.9 Å². The van der Waals surface area contributed by atoms with Crippen LogP contribution in [0.15, 0.2) is 24.3 Å². The van der Waals surface area contributed by atoms with Crippen molar-refractivity contribution in [3.8, 4) is 5.75 Å². The summed E-state index contributed by atoms with van der Waals surface area (Å²) in [5.74, 6) is 0.337. The summed E-state index contributed by atoms with van der Waals surface area (Å²) < 4.78 is 0. The van der Waals surface area contributed by atoms with Crippen LogP contribution >= 0.6 is 0 Å². The van der Waals surface area contributed by atoms with Crippen molar-refractivity contribution >= 4 is 0 Å². The second-order valence-corrected chi connectivity index (χ2v) is 6.06. The Balaban J connectivity index is 2.08. The van der Waals surface area contributed by atoms with Crippen molar-refractivity contribution in [3.63, 3.8) is 0 Å². The Morgan fingerprint density at radius 1 is 1.21 bits per heavy atom. The van der Waals surface area contributed by atoms with Gasteiger partial charge in [0.2, 0.25) is 0 Å². The van der Waals surface area contributed by atoms with Crippen LogP contribution in [0.2, 0.25) is 0 Å². The van der Waals surface area contributed by atoms with E-state index >= 15 is 0 Å². The molecule has 0 saturated carbocycles. The highest BCUT2D eigenvalue weighted by Crippen LogP contribution is 2.26. The molecule has 2 rings (SSSR count). The van der Waals surface area contributed by atoms with Crippen molar-refractivity contribution in [1.29, 1.82) is 0 Å². The molecule has 0 spiro atoms. The number of phenols is 1. The largest absolute Gasteiger partial charge is 0.508 e. The van der Waals surface area contributed by atoms with E-state index in [0.29, 0.717) is 11.8 Å². The number of nitrogens with one attached hydrogen (secondary N) is 1.